The molecule has 1 aromatic heterocycles. The maximum Gasteiger partial charge on any atom is 0.254 e. The molecule has 2 heterocycles. The van der Waals surface area contributed by atoms with Gasteiger partial charge in [-0.15, -0.1) is 0 Å². The number of aromatic nitrogens is 2. The zero-order chi connectivity index (χ0) is 22.5. The predicted molar refractivity (Wildman–Crippen MR) is 126 cm³/mol. The summed E-state index contributed by atoms with van der Waals surface area (Å²) in [7, 11) is 0. The average Bonchev–Trinajstić information content (AvgIpc) is 3.29. The molecule has 5 nitrogen and oxygen atoms in total. The molecule has 2 aliphatic rings. The van der Waals surface area contributed by atoms with Crippen LogP contribution in [0.5, 0.6) is 0 Å². The second-order valence-corrected chi connectivity index (χ2v) is 8.08. The Morgan fingerprint density at radius 3 is 2.97 bits per heavy atom. The highest BCUT2D eigenvalue weighted by Gasteiger charge is 2.37. The molecule has 1 aliphatic carbocycles. The maximum absolute atomic E-state index is 13.4. The second-order valence-electron chi connectivity index (χ2n) is 8.08. The Labute approximate surface area is 189 Å². The number of nitriles is 1. The van der Waals surface area contributed by atoms with Crippen molar-refractivity contribution in [2.75, 3.05) is 6.54 Å². The minimum Gasteiger partial charge on any atom is -0.330 e. The Hall–Kier alpha value is -3.91. The molecule has 0 spiro atoms. The number of allylic oxidation sites excluding steroid dienone is 7. The number of hydrogen-bond donors (Lipinski definition) is 0. The van der Waals surface area contributed by atoms with Crippen LogP contribution in [0.15, 0.2) is 96.9 Å². The van der Waals surface area contributed by atoms with Crippen LogP contribution < -0.4 is 0 Å². The predicted octanol–water partition coefficient (Wildman–Crippen LogP) is 5.14. The smallest absolute Gasteiger partial charge is 0.254 e. The fourth-order valence-corrected chi connectivity index (χ4v) is 4.32. The third-order valence-electron chi connectivity index (χ3n) is 5.90. The number of rotatable bonds is 7. The van der Waals surface area contributed by atoms with Gasteiger partial charge < -0.3 is 4.90 Å². The van der Waals surface area contributed by atoms with Crippen LogP contribution in [0.4, 0.5) is 0 Å². The summed E-state index contributed by atoms with van der Waals surface area (Å²) >= 11 is 0. The van der Waals surface area contributed by atoms with Gasteiger partial charge in [-0.2, -0.15) is 10.4 Å². The summed E-state index contributed by atoms with van der Waals surface area (Å²) in [5, 5.41) is 13.7. The SMILES string of the molecule is C=C/C=C(/C)C1=CC(CN2C(=O)c3cc(Cn4cccn4)ccc3C2CC#N)C=CC=C1. The van der Waals surface area contributed by atoms with Gasteiger partial charge in [0.2, 0.25) is 0 Å². The van der Waals surface area contributed by atoms with Crippen LogP contribution in [0.2, 0.25) is 0 Å². The Morgan fingerprint density at radius 2 is 2.22 bits per heavy atom. The molecule has 5 heteroatoms. The zero-order valence-corrected chi connectivity index (χ0v) is 18.2. The van der Waals surface area contributed by atoms with Gasteiger partial charge in [0.25, 0.3) is 5.91 Å². The van der Waals surface area contributed by atoms with E-state index in [0.717, 1.165) is 22.3 Å². The lowest BCUT2D eigenvalue weighted by Crippen LogP contribution is -2.32. The lowest BCUT2D eigenvalue weighted by atomic mass is 9.99. The normalized spacial score (nSPS) is 20.0. The third kappa shape index (κ3) is 4.40. The number of benzene rings is 1. The van der Waals surface area contributed by atoms with Crippen LogP contribution in [0, 0.1) is 17.2 Å². The lowest BCUT2D eigenvalue weighted by molar-refractivity contribution is 0.0717. The van der Waals surface area contributed by atoms with Crippen molar-refractivity contribution in [2.45, 2.75) is 25.9 Å². The highest BCUT2D eigenvalue weighted by molar-refractivity contribution is 5.99. The first-order valence-corrected chi connectivity index (χ1v) is 10.7. The Balaban J connectivity index is 1.61. The van der Waals surface area contributed by atoms with Crippen LogP contribution in [-0.2, 0) is 6.54 Å². The highest BCUT2D eigenvalue weighted by Crippen LogP contribution is 2.37. The first-order valence-electron chi connectivity index (χ1n) is 10.7. The summed E-state index contributed by atoms with van der Waals surface area (Å²) in [5.41, 5.74) is 4.88. The van der Waals surface area contributed by atoms with Gasteiger partial charge in [-0.05, 0) is 41.3 Å². The van der Waals surface area contributed by atoms with E-state index >= 15 is 0 Å². The Bertz CT molecular complexity index is 1170. The highest BCUT2D eigenvalue weighted by atomic mass is 16.2. The molecule has 160 valence electrons. The summed E-state index contributed by atoms with van der Waals surface area (Å²) in [6.07, 6.45) is 18.1. The van der Waals surface area contributed by atoms with Crippen molar-refractivity contribution < 1.29 is 4.79 Å². The monoisotopic (exact) mass is 422 g/mol. The van der Waals surface area contributed by atoms with Crippen molar-refractivity contribution in [3.63, 3.8) is 0 Å². The molecule has 0 radical (unpaired) electrons. The maximum atomic E-state index is 13.4. The molecule has 0 saturated carbocycles. The Morgan fingerprint density at radius 1 is 1.34 bits per heavy atom. The molecular formula is C27H26N4O. The number of carbonyl (C=O) groups excluding carboxylic acids is 1. The molecule has 0 bridgehead atoms. The Kier molecular flexibility index (Phi) is 6.32. The standard InChI is InChI=1S/C27H26N4O/c1-3-7-20(2)23-9-5-4-8-21(16-23)19-31-26(12-13-28)24-11-10-22(17-25(24)27(31)32)18-30-15-6-14-29-30/h3-11,14-17,21,26H,1,12,18-19H2,2H3/b20-7-. The zero-order valence-electron chi connectivity index (χ0n) is 18.2. The van der Waals surface area contributed by atoms with Gasteiger partial charge in [0.1, 0.15) is 0 Å². The van der Waals surface area contributed by atoms with Gasteiger partial charge in [-0.3, -0.25) is 9.48 Å². The largest absolute Gasteiger partial charge is 0.330 e. The van der Waals surface area contributed by atoms with E-state index in [2.05, 4.69) is 42.9 Å². The van der Waals surface area contributed by atoms with E-state index in [1.54, 1.807) is 12.3 Å². The first-order chi connectivity index (χ1) is 15.6. The number of hydrogen-bond acceptors (Lipinski definition) is 3. The van der Waals surface area contributed by atoms with Crippen molar-refractivity contribution in [2.24, 2.45) is 5.92 Å². The molecule has 2 aromatic rings. The molecule has 1 aliphatic heterocycles. The fraction of sp³-hybridized carbons (Fsp3) is 0.222. The molecule has 32 heavy (non-hydrogen) atoms. The first kappa shape index (κ1) is 21.3. The average molecular weight is 423 g/mol. The van der Waals surface area contributed by atoms with Crippen molar-refractivity contribution in [1.82, 2.24) is 14.7 Å². The van der Waals surface area contributed by atoms with E-state index in [-0.39, 0.29) is 24.3 Å². The van der Waals surface area contributed by atoms with Crippen molar-refractivity contribution in [1.29, 1.82) is 5.26 Å². The number of nitrogens with zero attached hydrogens (tertiary/aromatic N) is 4. The summed E-state index contributed by atoms with van der Waals surface area (Å²) in [5.74, 6) is 0.0395. The minimum atomic E-state index is -0.229. The third-order valence-corrected chi connectivity index (χ3v) is 5.90. The molecule has 2 atom stereocenters. The van der Waals surface area contributed by atoms with E-state index in [4.69, 9.17) is 0 Å². The van der Waals surface area contributed by atoms with Gasteiger partial charge in [-0.1, -0.05) is 61.2 Å². The van der Waals surface area contributed by atoms with E-state index in [1.165, 1.54) is 0 Å². The van der Waals surface area contributed by atoms with Gasteiger partial charge in [0.15, 0.2) is 0 Å². The summed E-state index contributed by atoms with van der Waals surface area (Å²) in [6.45, 7) is 6.97. The molecule has 0 saturated heterocycles. The van der Waals surface area contributed by atoms with Crippen molar-refractivity contribution in [3.8, 4) is 6.07 Å². The van der Waals surface area contributed by atoms with E-state index < -0.39 is 0 Å². The number of fused-ring (bicyclic) bond motifs is 1. The molecular weight excluding hydrogens is 396 g/mol. The van der Waals surface area contributed by atoms with E-state index in [1.807, 2.05) is 58.3 Å². The summed E-state index contributed by atoms with van der Waals surface area (Å²) < 4.78 is 1.83. The van der Waals surface area contributed by atoms with E-state index in [0.29, 0.717) is 18.7 Å². The second kappa shape index (κ2) is 9.49. The van der Waals surface area contributed by atoms with Crippen molar-refractivity contribution in [3.05, 3.63) is 114 Å². The van der Waals surface area contributed by atoms with Crippen molar-refractivity contribution >= 4 is 5.91 Å². The van der Waals surface area contributed by atoms with Crippen LogP contribution in [0.3, 0.4) is 0 Å². The summed E-state index contributed by atoms with van der Waals surface area (Å²) in [4.78, 5) is 15.3. The quantitative estimate of drug-likeness (QED) is 0.580. The number of amides is 1. The topological polar surface area (TPSA) is 61.9 Å². The van der Waals surface area contributed by atoms with Gasteiger partial charge in [-0.25, -0.2) is 0 Å². The van der Waals surface area contributed by atoms with Gasteiger partial charge in [0, 0.05) is 30.4 Å². The van der Waals surface area contributed by atoms with E-state index in [9.17, 15) is 10.1 Å². The van der Waals surface area contributed by atoms with Gasteiger partial charge >= 0.3 is 0 Å². The molecule has 1 amide bonds. The molecule has 4 rings (SSSR count). The molecule has 1 aromatic carbocycles. The van der Waals surface area contributed by atoms with Crippen LogP contribution in [0.1, 0.15) is 40.9 Å². The lowest BCUT2D eigenvalue weighted by Gasteiger charge is -2.26. The fourth-order valence-electron chi connectivity index (χ4n) is 4.32. The van der Waals surface area contributed by atoms with Crippen LogP contribution in [0.25, 0.3) is 0 Å². The number of carbonyl (C=O) groups is 1. The molecule has 0 N–H and O–H groups in total. The molecule has 0 fully saturated rings. The minimum absolute atomic E-state index is 0.0125. The van der Waals surface area contributed by atoms with Gasteiger partial charge in [0.05, 0.1) is 25.1 Å². The van der Waals surface area contributed by atoms with Crippen LogP contribution >= 0.6 is 0 Å². The molecule has 2 unspecified atom stereocenters. The van der Waals surface area contributed by atoms with Crippen LogP contribution in [-0.4, -0.2) is 27.1 Å². The summed E-state index contributed by atoms with van der Waals surface area (Å²) in [6, 6.07) is 9.90.